The molecule has 0 bridgehead atoms. The van der Waals surface area contributed by atoms with Gasteiger partial charge in [0.25, 0.3) is 0 Å². The molecule has 88 valence electrons. The maximum Gasteiger partial charge on any atom is 0.0801 e. The number of hydrogen-bond donors (Lipinski definition) is 1. The molecular formula is C13H24O2. The molecule has 0 aromatic carbocycles. The smallest absolute Gasteiger partial charge is 0.0801 e. The molecule has 2 nitrogen and oxygen atoms in total. The molecule has 0 heterocycles. The third kappa shape index (κ3) is 3.46. The highest BCUT2D eigenvalue weighted by Gasteiger charge is 2.31. The lowest BCUT2D eigenvalue weighted by Crippen LogP contribution is -2.29. The van der Waals surface area contributed by atoms with Crippen molar-refractivity contribution in [2.45, 2.75) is 58.2 Å². The molecule has 2 rings (SSSR count). The van der Waals surface area contributed by atoms with Crippen LogP contribution in [0.4, 0.5) is 0 Å². The van der Waals surface area contributed by atoms with Crippen molar-refractivity contribution in [3.63, 3.8) is 0 Å². The lowest BCUT2D eigenvalue weighted by atomic mass is 9.82. The van der Waals surface area contributed by atoms with Gasteiger partial charge in [0.15, 0.2) is 0 Å². The summed E-state index contributed by atoms with van der Waals surface area (Å²) < 4.78 is 5.84. The van der Waals surface area contributed by atoms with Gasteiger partial charge in [0.05, 0.1) is 18.8 Å². The van der Waals surface area contributed by atoms with E-state index < -0.39 is 0 Å². The number of ether oxygens (including phenoxy) is 1. The lowest BCUT2D eigenvalue weighted by molar-refractivity contribution is -0.0456. The molecule has 3 unspecified atom stereocenters. The van der Waals surface area contributed by atoms with Crippen LogP contribution in [0.1, 0.15) is 46.0 Å². The van der Waals surface area contributed by atoms with Gasteiger partial charge in [-0.1, -0.05) is 13.8 Å². The molecule has 15 heavy (non-hydrogen) atoms. The fourth-order valence-electron chi connectivity index (χ4n) is 2.86. The van der Waals surface area contributed by atoms with E-state index in [1.807, 2.05) is 0 Å². The summed E-state index contributed by atoms with van der Waals surface area (Å²) in [6, 6.07) is 0. The molecule has 1 N–H and O–H groups in total. The van der Waals surface area contributed by atoms with E-state index in [-0.39, 0.29) is 6.10 Å². The van der Waals surface area contributed by atoms with Crippen molar-refractivity contribution in [1.29, 1.82) is 0 Å². The van der Waals surface area contributed by atoms with E-state index in [4.69, 9.17) is 4.74 Å². The molecular weight excluding hydrogens is 188 g/mol. The molecule has 0 spiro atoms. The van der Waals surface area contributed by atoms with E-state index >= 15 is 0 Å². The zero-order chi connectivity index (χ0) is 10.8. The van der Waals surface area contributed by atoms with Crippen molar-refractivity contribution < 1.29 is 9.84 Å². The van der Waals surface area contributed by atoms with Gasteiger partial charge in [-0.2, -0.15) is 0 Å². The maximum atomic E-state index is 9.73. The third-order valence-electron chi connectivity index (χ3n) is 3.80. The fraction of sp³-hybridized carbons (Fsp3) is 1.00. The minimum atomic E-state index is -0.197. The van der Waals surface area contributed by atoms with Crippen molar-refractivity contribution in [1.82, 2.24) is 0 Å². The topological polar surface area (TPSA) is 29.5 Å². The minimum Gasteiger partial charge on any atom is -0.390 e. The minimum absolute atomic E-state index is 0.197. The van der Waals surface area contributed by atoms with Crippen LogP contribution in [0.2, 0.25) is 0 Å². The van der Waals surface area contributed by atoms with Gasteiger partial charge in [0.1, 0.15) is 0 Å². The second-order valence-electron chi connectivity index (χ2n) is 5.78. The van der Waals surface area contributed by atoms with Crippen molar-refractivity contribution in [2.75, 3.05) is 6.61 Å². The van der Waals surface area contributed by atoms with Crippen LogP contribution in [0.3, 0.4) is 0 Å². The van der Waals surface area contributed by atoms with Crippen LogP contribution in [0.25, 0.3) is 0 Å². The summed E-state index contributed by atoms with van der Waals surface area (Å²) in [6.45, 7) is 5.18. The van der Waals surface area contributed by atoms with Gasteiger partial charge in [0.2, 0.25) is 0 Å². The van der Waals surface area contributed by atoms with Gasteiger partial charge < -0.3 is 9.84 Å². The number of hydrogen-bond acceptors (Lipinski definition) is 2. The SMILES string of the molecule is CC1CC(C)CC(OCC(O)C2CC2)C1. The van der Waals surface area contributed by atoms with Crippen molar-refractivity contribution in [3.05, 3.63) is 0 Å². The molecule has 2 fully saturated rings. The normalized spacial score (nSPS) is 39.0. The Bertz CT molecular complexity index is 191. The quantitative estimate of drug-likeness (QED) is 0.776. The molecule has 2 aliphatic carbocycles. The Morgan fingerprint density at radius 2 is 1.73 bits per heavy atom. The summed E-state index contributed by atoms with van der Waals surface area (Å²) in [7, 11) is 0. The lowest BCUT2D eigenvalue weighted by Gasteiger charge is -2.31. The Morgan fingerprint density at radius 1 is 1.13 bits per heavy atom. The molecule has 0 saturated heterocycles. The summed E-state index contributed by atoms with van der Waals surface area (Å²) in [5.74, 6) is 2.12. The first-order valence-electron chi connectivity index (χ1n) is 6.44. The summed E-state index contributed by atoms with van der Waals surface area (Å²) in [5, 5.41) is 9.73. The van der Waals surface area contributed by atoms with Gasteiger partial charge in [-0.05, 0) is 49.9 Å². The van der Waals surface area contributed by atoms with Crippen LogP contribution in [-0.2, 0) is 4.74 Å². The summed E-state index contributed by atoms with van der Waals surface area (Å²) in [5.41, 5.74) is 0. The molecule has 0 radical (unpaired) electrons. The van der Waals surface area contributed by atoms with Crippen LogP contribution >= 0.6 is 0 Å². The molecule has 2 heteroatoms. The van der Waals surface area contributed by atoms with Gasteiger partial charge in [-0.25, -0.2) is 0 Å². The monoisotopic (exact) mass is 212 g/mol. The summed E-state index contributed by atoms with van der Waals surface area (Å²) >= 11 is 0. The Kier molecular flexibility index (Phi) is 3.68. The zero-order valence-corrected chi connectivity index (χ0v) is 9.98. The Hall–Kier alpha value is -0.0800. The average Bonchev–Trinajstić information content (AvgIpc) is 2.95. The van der Waals surface area contributed by atoms with Crippen LogP contribution in [0.5, 0.6) is 0 Å². The standard InChI is InChI=1S/C13H24O2/c1-9-5-10(2)7-12(6-9)15-8-13(14)11-3-4-11/h9-14H,3-8H2,1-2H3. The number of rotatable bonds is 4. The van der Waals surface area contributed by atoms with Crippen LogP contribution in [0, 0.1) is 17.8 Å². The highest BCUT2D eigenvalue weighted by atomic mass is 16.5. The highest BCUT2D eigenvalue weighted by Crippen LogP contribution is 2.34. The van der Waals surface area contributed by atoms with Gasteiger partial charge in [-0.3, -0.25) is 0 Å². The zero-order valence-electron chi connectivity index (χ0n) is 9.98. The van der Waals surface area contributed by atoms with Crippen molar-refractivity contribution >= 4 is 0 Å². The predicted octanol–water partition coefficient (Wildman–Crippen LogP) is 2.60. The Morgan fingerprint density at radius 3 is 2.27 bits per heavy atom. The van der Waals surface area contributed by atoms with E-state index in [1.54, 1.807) is 0 Å². The Labute approximate surface area is 93.0 Å². The first-order chi connectivity index (χ1) is 7.15. The molecule has 0 aromatic rings. The number of aliphatic hydroxyl groups excluding tert-OH is 1. The van der Waals surface area contributed by atoms with Crippen LogP contribution in [-0.4, -0.2) is 23.9 Å². The average molecular weight is 212 g/mol. The largest absolute Gasteiger partial charge is 0.390 e. The molecule has 3 atom stereocenters. The van der Waals surface area contributed by atoms with E-state index in [2.05, 4.69) is 13.8 Å². The second-order valence-corrected chi connectivity index (χ2v) is 5.78. The highest BCUT2D eigenvalue weighted by molar-refractivity contribution is 4.81. The summed E-state index contributed by atoms with van der Waals surface area (Å²) in [4.78, 5) is 0. The third-order valence-corrected chi connectivity index (χ3v) is 3.80. The molecule has 0 aliphatic heterocycles. The first-order valence-corrected chi connectivity index (χ1v) is 6.44. The fourth-order valence-corrected chi connectivity index (χ4v) is 2.86. The molecule has 2 aliphatic rings. The maximum absolute atomic E-state index is 9.73. The molecule has 0 amide bonds. The van der Waals surface area contributed by atoms with Crippen LogP contribution < -0.4 is 0 Å². The van der Waals surface area contributed by atoms with Gasteiger partial charge >= 0.3 is 0 Å². The second kappa shape index (κ2) is 4.84. The molecule has 0 aromatic heterocycles. The molecule has 2 saturated carbocycles. The van der Waals surface area contributed by atoms with E-state index in [0.717, 1.165) is 11.8 Å². The predicted molar refractivity (Wildman–Crippen MR) is 60.6 cm³/mol. The van der Waals surface area contributed by atoms with Crippen LogP contribution in [0.15, 0.2) is 0 Å². The Balaban J connectivity index is 1.68. The van der Waals surface area contributed by atoms with Gasteiger partial charge in [0, 0.05) is 0 Å². The van der Waals surface area contributed by atoms with E-state index in [0.29, 0.717) is 18.6 Å². The van der Waals surface area contributed by atoms with Crippen molar-refractivity contribution in [2.24, 2.45) is 17.8 Å². The van der Waals surface area contributed by atoms with E-state index in [9.17, 15) is 5.11 Å². The van der Waals surface area contributed by atoms with Crippen molar-refractivity contribution in [3.8, 4) is 0 Å². The first kappa shape index (κ1) is 11.4. The van der Waals surface area contributed by atoms with Gasteiger partial charge in [-0.15, -0.1) is 0 Å². The van der Waals surface area contributed by atoms with E-state index in [1.165, 1.54) is 32.1 Å². The summed E-state index contributed by atoms with van der Waals surface area (Å²) in [6.07, 6.45) is 6.30. The number of aliphatic hydroxyl groups is 1.